The topological polar surface area (TPSA) is 66.4 Å². The van der Waals surface area contributed by atoms with Crippen LogP contribution in [0.3, 0.4) is 0 Å². The highest BCUT2D eigenvalue weighted by atomic mass is 32.1. The maximum absolute atomic E-state index is 13.2. The SMILES string of the molecule is COc1ccc(-c2n[nH]c(=S)n2CC(=O)N(CCN(C)C)Cc2ccccc2)cc1. The molecule has 0 radical (unpaired) electrons. The van der Waals surface area contributed by atoms with Crippen LogP contribution in [0.2, 0.25) is 0 Å². The highest BCUT2D eigenvalue weighted by Crippen LogP contribution is 2.21. The number of carbonyl (C=O) groups excluding carboxylic acids is 1. The van der Waals surface area contributed by atoms with Crippen molar-refractivity contribution >= 4 is 18.1 Å². The van der Waals surface area contributed by atoms with E-state index in [4.69, 9.17) is 17.0 Å². The quantitative estimate of drug-likeness (QED) is 0.533. The van der Waals surface area contributed by atoms with E-state index < -0.39 is 0 Å². The largest absolute Gasteiger partial charge is 0.497 e. The molecule has 0 aliphatic heterocycles. The van der Waals surface area contributed by atoms with Crippen LogP contribution in [0.15, 0.2) is 54.6 Å². The van der Waals surface area contributed by atoms with Gasteiger partial charge in [0.2, 0.25) is 5.91 Å². The summed E-state index contributed by atoms with van der Waals surface area (Å²) in [6.45, 7) is 2.08. The Labute approximate surface area is 181 Å². The van der Waals surface area contributed by atoms with Crippen molar-refractivity contribution in [3.8, 4) is 17.1 Å². The van der Waals surface area contributed by atoms with E-state index in [1.165, 1.54) is 0 Å². The Morgan fingerprint density at radius 1 is 1.10 bits per heavy atom. The van der Waals surface area contributed by atoms with Crippen molar-refractivity contribution in [2.24, 2.45) is 0 Å². The van der Waals surface area contributed by atoms with Crippen molar-refractivity contribution in [2.75, 3.05) is 34.3 Å². The van der Waals surface area contributed by atoms with E-state index in [-0.39, 0.29) is 12.5 Å². The first-order valence-corrected chi connectivity index (χ1v) is 10.1. The van der Waals surface area contributed by atoms with Crippen LogP contribution in [-0.4, -0.2) is 64.8 Å². The zero-order chi connectivity index (χ0) is 21.5. The van der Waals surface area contributed by atoms with Crippen molar-refractivity contribution in [1.29, 1.82) is 0 Å². The fourth-order valence-electron chi connectivity index (χ4n) is 3.08. The van der Waals surface area contributed by atoms with E-state index in [9.17, 15) is 4.79 Å². The Kier molecular flexibility index (Phi) is 7.37. The second kappa shape index (κ2) is 10.2. The number of likely N-dealkylation sites (N-methyl/N-ethyl adjacent to an activating group) is 1. The lowest BCUT2D eigenvalue weighted by Gasteiger charge is -2.25. The number of hydrogen-bond acceptors (Lipinski definition) is 5. The minimum atomic E-state index is -0.00651. The van der Waals surface area contributed by atoms with E-state index in [2.05, 4.69) is 15.1 Å². The predicted molar refractivity (Wildman–Crippen MR) is 120 cm³/mol. The molecule has 0 fully saturated rings. The van der Waals surface area contributed by atoms with Gasteiger partial charge in [-0.1, -0.05) is 30.3 Å². The predicted octanol–water partition coefficient (Wildman–Crippen LogP) is 3.21. The van der Waals surface area contributed by atoms with Crippen molar-refractivity contribution in [3.05, 3.63) is 64.9 Å². The van der Waals surface area contributed by atoms with Gasteiger partial charge in [-0.25, -0.2) is 0 Å². The van der Waals surface area contributed by atoms with Gasteiger partial charge in [-0.2, -0.15) is 5.10 Å². The standard InChI is InChI=1S/C22H27N5O2S/c1-25(2)13-14-26(15-17-7-5-4-6-8-17)20(28)16-27-21(23-24-22(27)30)18-9-11-19(29-3)12-10-18/h4-12H,13-16H2,1-3H3,(H,24,30). The van der Waals surface area contributed by atoms with Crippen LogP contribution in [0.1, 0.15) is 5.56 Å². The minimum Gasteiger partial charge on any atom is -0.497 e. The van der Waals surface area contributed by atoms with Gasteiger partial charge < -0.3 is 14.5 Å². The minimum absolute atomic E-state index is 0.00651. The maximum atomic E-state index is 13.2. The smallest absolute Gasteiger partial charge is 0.243 e. The van der Waals surface area contributed by atoms with Crippen LogP contribution < -0.4 is 4.74 Å². The van der Waals surface area contributed by atoms with Gasteiger partial charge in [0.25, 0.3) is 0 Å². The summed E-state index contributed by atoms with van der Waals surface area (Å²) in [6, 6.07) is 17.5. The average Bonchev–Trinajstić information content (AvgIpc) is 3.11. The molecule has 8 heteroatoms. The Morgan fingerprint density at radius 2 is 1.80 bits per heavy atom. The van der Waals surface area contributed by atoms with E-state index in [0.717, 1.165) is 23.4 Å². The molecule has 2 aromatic carbocycles. The Hall–Kier alpha value is -2.97. The molecule has 30 heavy (non-hydrogen) atoms. The van der Waals surface area contributed by atoms with E-state index in [0.29, 0.717) is 23.7 Å². The molecule has 3 rings (SSSR count). The molecule has 1 amide bonds. The lowest BCUT2D eigenvalue weighted by molar-refractivity contribution is -0.132. The summed E-state index contributed by atoms with van der Waals surface area (Å²) in [5.41, 5.74) is 1.95. The van der Waals surface area contributed by atoms with Gasteiger partial charge in [-0.05, 0) is 56.1 Å². The Bertz CT molecular complexity index is 1010. The molecule has 0 saturated heterocycles. The molecule has 0 spiro atoms. The van der Waals surface area contributed by atoms with Crippen molar-refractivity contribution in [2.45, 2.75) is 13.1 Å². The van der Waals surface area contributed by atoms with Crippen LogP contribution in [-0.2, 0) is 17.9 Å². The van der Waals surface area contributed by atoms with E-state index in [1.807, 2.05) is 73.6 Å². The molecule has 0 aliphatic carbocycles. The fourth-order valence-corrected chi connectivity index (χ4v) is 3.27. The summed E-state index contributed by atoms with van der Waals surface area (Å²) in [4.78, 5) is 17.2. The number of H-pyrrole nitrogens is 1. The zero-order valence-electron chi connectivity index (χ0n) is 17.5. The van der Waals surface area contributed by atoms with Gasteiger partial charge in [0.15, 0.2) is 10.6 Å². The van der Waals surface area contributed by atoms with Crippen LogP contribution in [0.25, 0.3) is 11.4 Å². The first kappa shape index (κ1) is 21.7. The van der Waals surface area contributed by atoms with Crippen LogP contribution in [0.5, 0.6) is 5.75 Å². The molecule has 0 bridgehead atoms. The Balaban J connectivity index is 1.82. The second-order valence-corrected chi connectivity index (χ2v) is 7.66. The number of amides is 1. The van der Waals surface area contributed by atoms with E-state index >= 15 is 0 Å². The summed E-state index contributed by atoms with van der Waals surface area (Å²) in [5, 5.41) is 7.15. The van der Waals surface area contributed by atoms with Gasteiger partial charge in [-0.15, -0.1) is 0 Å². The molecule has 0 saturated carbocycles. The normalized spacial score (nSPS) is 10.9. The van der Waals surface area contributed by atoms with Crippen molar-refractivity contribution < 1.29 is 9.53 Å². The van der Waals surface area contributed by atoms with Gasteiger partial charge in [-0.3, -0.25) is 14.5 Å². The number of methoxy groups -OCH3 is 1. The van der Waals surface area contributed by atoms with Crippen LogP contribution >= 0.6 is 12.2 Å². The number of benzene rings is 2. The van der Waals surface area contributed by atoms with Crippen LogP contribution in [0, 0.1) is 4.77 Å². The number of nitrogens with zero attached hydrogens (tertiary/aromatic N) is 4. The number of aromatic amines is 1. The molecule has 0 unspecified atom stereocenters. The third-order valence-electron chi connectivity index (χ3n) is 4.79. The summed E-state index contributed by atoms with van der Waals surface area (Å²) < 4.78 is 7.38. The monoisotopic (exact) mass is 425 g/mol. The fraction of sp³-hybridized carbons (Fsp3) is 0.318. The van der Waals surface area contributed by atoms with Crippen LogP contribution in [0.4, 0.5) is 0 Å². The molecule has 7 nitrogen and oxygen atoms in total. The molecule has 1 heterocycles. The second-order valence-electron chi connectivity index (χ2n) is 7.27. The summed E-state index contributed by atoms with van der Waals surface area (Å²) in [7, 11) is 5.62. The highest BCUT2D eigenvalue weighted by Gasteiger charge is 2.18. The number of nitrogens with one attached hydrogen (secondary N) is 1. The molecule has 3 aromatic rings. The van der Waals surface area contributed by atoms with E-state index in [1.54, 1.807) is 11.7 Å². The number of ether oxygens (including phenoxy) is 1. The van der Waals surface area contributed by atoms with Crippen molar-refractivity contribution in [3.63, 3.8) is 0 Å². The highest BCUT2D eigenvalue weighted by molar-refractivity contribution is 7.71. The molecule has 1 aromatic heterocycles. The summed E-state index contributed by atoms with van der Waals surface area (Å²) in [6.07, 6.45) is 0. The molecular weight excluding hydrogens is 398 g/mol. The van der Waals surface area contributed by atoms with Gasteiger partial charge in [0, 0.05) is 25.2 Å². The number of rotatable bonds is 9. The molecular formula is C22H27N5O2S. The molecule has 0 aliphatic rings. The summed E-state index contributed by atoms with van der Waals surface area (Å²) in [5.74, 6) is 1.38. The summed E-state index contributed by atoms with van der Waals surface area (Å²) >= 11 is 5.40. The van der Waals surface area contributed by atoms with Gasteiger partial charge in [0.1, 0.15) is 12.3 Å². The van der Waals surface area contributed by atoms with Gasteiger partial charge >= 0.3 is 0 Å². The van der Waals surface area contributed by atoms with Gasteiger partial charge in [0.05, 0.1) is 7.11 Å². The lowest BCUT2D eigenvalue weighted by Crippen LogP contribution is -2.38. The zero-order valence-corrected chi connectivity index (χ0v) is 18.4. The number of aromatic nitrogens is 3. The molecule has 158 valence electrons. The molecule has 0 atom stereocenters. The number of hydrogen-bond donors (Lipinski definition) is 1. The lowest BCUT2D eigenvalue weighted by atomic mass is 10.2. The average molecular weight is 426 g/mol. The first-order valence-electron chi connectivity index (χ1n) is 9.74. The molecule has 1 N–H and O–H groups in total. The third kappa shape index (κ3) is 5.55. The van der Waals surface area contributed by atoms with Crippen molar-refractivity contribution in [1.82, 2.24) is 24.6 Å². The first-order chi connectivity index (χ1) is 14.5. The number of carbonyl (C=O) groups is 1. The third-order valence-corrected chi connectivity index (χ3v) is 5.10. The Morgan fingerprint density at radius 3 is 2.43 bits per heavy atom. The maximum Gasteiger partial charge on any atom is 0.243 e.